The molecule has 0 aromatic heterocycles. The minimum atomic E-state index is -3.04. The third-order valence-electron chi connectivity index (χ3n) is 12.7. The van der Waals surface area contributed by atoms with Gasteiger partial charge in [0.05, 0.1) is 31.2 Å². The number of likely N-dealkylation sites (tertiary alicyclic amines) is 1. The van der Waals surface area contributed by atoms with Crippen molar-refractivity contribution in [2.45, 2.75) is 89.3 Å². The molecule has 0 bridgehead atoms. The van der Waals surface area contributed by atoms with Crippen molar-refractivity contribution in [1.82, 2.24) is 4.90 Å². The van der Waals surface area contributed by atoms with Gasteiger partial charge in [-0.2, -0.15) is 0 Å². The number of amides is 2. The van der Waals surface area contributed by atoms with E-state index >= 15 is 0 Å². The number of carbonyl (C=O) groups is 2. The van der Waals surface area contributed by atoms with Gasteiger partial charge in [0, 0.05) is 17.5 Å². The Kier molecular flexibility index (Phi) is 12.5. The zero-order chi connectivity index (χ0) is 40.2. The molecule has 1 heterocycles. The maximum atomic E-state index is 14.4. The van der Waals surface area contributed by atoms with E-state index < -0.39 is 32.2 Å². The number of aliphatic hydroxyl groups excluding tert-OH is 2. The summed E-state index contributed by atoms with van der Waals surface area (Å²) in [5, 5.41) is 36.4. The van der Waals surface area contributed by atoms with Crippen molar-refractivity contribution in [1.29, 1.82) is 0 Å². The summed E-state index contributed by atoms with van der Waals surface area (Å²) in [6.45, 7) is 6.45. The van der Waals surface area contributed by atoms with E-state index in [2.05, 4.69) is 45.0 Å². The molecule has 4 atom stereocenters. The van der Waals surface area contributed by atoms with E-state index in [9.17, 15) is 24.9 Å². The highest BCUT2D eigenvalue weighted by molar-refractivity contribution is 6.99. The molecule has 1 saturated carbocycles. The molecular weight excluding hydrogens is 727 g/mol. The fourth-order valence-electron chi connectivity index (χ4n) is 9.97. The van der Waals surface area contributed by atoms with Gasteiger partial charge in [-0.05, 0) is 81.9 Å². The molecule has 0 unspecified atom stereocenters. The van der Waals surface area contributed by atoms with Crippen molar-refractivity contribution in [3.63, 3.8) is 0 Å². The summed E-state index contributed by atoms with van der Waals surface area (Å²) < 4.78 is 7.46. The third-order valence-corrected chi connectivity index (χ3v) is 17.7. The molecule has 8 heteroatoms. The molecule has 1 saturated heterocycles. The zero-order valence-electron chi connectivity index (χ0n) is 33.5. The van der Waals surface area contributed by atoms with Gasteiger partial charge in [-0.1, -0.05) is 149 Å². The predicted molar refractivity (Wildman–Crippen MR) is 229 cm³/mol. The van der Waals surface area contributed by atoms with Gasteiger partial charge in [0.2, 0.25) is 11.8 Å². The standard InChI is InChI=1S/C49H57NO6Si/c1-49(2,3)57(39-23-12-6-13-24-39,40-25-14-7-15-26-40)56-33-37-31-41-46(48(55)50(47(41)54)38-21-10-5-11-22-38)42(32-51)45(37)44(53)29-28-35(34-18-8-4-9-19-34)30-36-20-16-17-27-43(36)52/h4,6-9,12-20,23-27,30,38,41-42,44,46,51-53H,5,10-11,21-22,28-29,31-33H2,1-3H3/b35-30-/t41-,42+,44-,46-/m1/s1. The second kappa shape index (κ2) is 17.5. The molecular formula is C49H57NO6Si. The van der Waals surface area contributed by atoms with Gasteiger partial charge < -0.3 is 19.7 Å². The summed E-state index contributed by atoms with van der Waals surface area (Å²) in [4.78, 5) is 30.4. The zero-order valence-corrected chi connectivity index (χ0v) is 34.5. The summed E-state index contributed by atoms with van der Waals surface area (Å²) in [5.41, 5.74) is 4.01. The lowest BCUT2D eigenvalue weighted by Crippen LogP contribution is -2.66. The van der Waals surface area contributed by atoms with Crippen molar-refractivity contribution in [3.05, 3.63) is 138 Å². The molecule has 3 N–H and O–H groups in total. The average Bonchev–Trinajstić information content (AvgIpc) is 3.48. The number of phenols is 1. The van der Waals surface area contributed by atoms with Gasteiger partial charge in [-0.15, -0.1) is 0 Å². The number of carbonyl (C=O) groups excluding carboxylic acids is 2. The lowest BCUT2D eigenvalue weighted by molar-refractivity contribution is -0.143. The highest BCUT2D eigenvalue weighted by atomic mass is 28.4. The Morgan fingerprint density at radius 3 is 1.98 bits per heavy atom. The first-order valence-electron chi connectivity index (χ1n) is 20.7. The van der Waals surface area contributed by atoms with Gasteiger partial charge >= 0.3 is 0 Å². The van der Waals surface area contributed by atoms with Crippen molar-refractivity contribution in [2.24, 2.45) is 17.8 Å². The first kappa shape index (κ1) is 40.6. The number of benzene rings is 4. The third kappa shape index (κ3) is 8.10. The average molecular weight is 784 g/mol. The Bertz CT molecular complexity index is 2030. The van der Waals surface area contributed by atoms with Crippen LogP contribution in [0.5, 0.6) is 5.75 Å². The number of imide groups is 1. The number of phenolic OH excluding ortho intramolecular Hbond substituents is 1. The van der Waals surface area contributed by atoms with Crippen LogP contribution < -0.4 is 10.4 Å². The fraction of sp³-hybridized carbons (Fsp3) is 0.388. The minimum Gasteiger partial charge on any atom is -0.507 e. The largest absolute Gasteiger partial charge is 0.507 e. The van der Waals surface area contributed by atoms with Crippen molar-refractivity contribution < 1.29 is 29.3 Å². The number of hydrogen-bond donors (Lipinski definition) is 3. The minimum absolute atomic E-state index is 0.123. The number of hydrogen-bond acceptors (Lipinski definition) is 6. The van der Waals surface area contributed by atoms with Crippen molar-refractivity contribution in [2.75, 3.05) is 13.2 Å². The van der Waals surface area contributed by atoms with Crippen LogP contribution in [-0.2, 0) is 14.0 Å². The number of nitrogens with zero attached hydrogens (tertiary/aromatic N) is 1. The second-order valence-electron chi connectivity index (χ2n) is 17.1. The topological polar surface area (TPSA) is 107 Å². The SMILES string of the molecule is CC(C)(C)[Si](OCC1=C([C@H](O)CC/C(=C/c2ccccc2O)c2ccccc2)[C@H](CO)[C@@H]2C(=O)N(C3CCCCC3)C(=O)[C@@H]2C1)(c1ccccc1)c1ccccc1. The van der Waals surface area contributed by atoms with E-state index in [1.165, 1.54) is 4.90 Å². The molecule has 3 aliphatic rings. The Hall–Kier alpha value is -4.60. The van der Waals surface area contributed by atoms with Crippen LogP contribution in [0.4, 0.5) is 0 Å². The van der Waals surface area contributed by atoms with Crippen molar-refractivity contribution in [3.8, 4) is 5.75 Å². The Balaban J connectivity index is 1.30. The maximum absolute atomic E-state index is 14.4. The van der Waals surface area contributed by atoms with E-state index in [1.807, 2.05) is 84.9 Å². The number of rotatable bonds is 13. The normalized spacial score (nSPS) is 21.5. The molecule has 7 nitrogen and oxygen atoms in total. The molecule has 57 heavy (non-hydrogen) atoms. The van der Waals surface area contributed by atoms with E-state index in [0.29, 0.717) is 30.4 Å². The summed E-state index contributed by atoms with van der Waals surface area (Å²) >= 11 is 0. The van der Waals surface area contributed by atoms with Gasteiger partial charge in [-0.25, -0.2) is 0 Å². The Morgan fingerprint density at radius 2 is 1.40 bits per heavy atom. The molecule has 2 amide bonds. The molecule has 0 spiro atoms. The van der Waals surface area contributed by atoms with E-state index in [1.54, 1.807) is 12.1 Å². The molecule has 0 radical (unpaired) electrons. The molecule has 2 fully saturated rings. The highest BCUT2D eigenvalue weighted by Crippen LogP contribution is 2.48. The monoisotopic (exact) mass is 783 g/mol. The predicted octanol–water partition coefficient (Wildman–Crippen LogP) is 7.89. The number of fused-ring (bicyclic) bond motifs is 1. The first-order chi connectivity index (χ1) is 27.5. The number of allylic oxidation sites excluding steroid dienone is 1. The van der Waals surface area contributed by atoms with Gasteiger partial charge in [0.15, 0.2) is 0 Å². The van der Waals surface area contributed by atoms with Gasteiger partial charge in [0.1, 0.15) is 5.75 Å². The molecule has 4 aromatic carbocycles. The second-order valence-corrected chi connectivity index (χ2v) is 21.4. The van der Waals surface area contributed by atoms with E-state index in [-0.39, 0.29) is 41.9 Å². The Labute approximate surface area is 338 Å². The van der Waals surface area contributed by atoms with Crippen LogP contribution in [0, 0.1) is 17.8 Å². The van der Waals surface area contributed by atoms with Crippen LogP contribution in [0.3, 0.4) is 0 Å². The van der Waals surface area contributed by atoms with E-state index in [0.717, 1.165) is 59.2 Å². The van der Waals surface area contributed by atoms with E-state index in [4.69, 9.17) is 4.43 Å². The Morgan fingerprint density at radius 1 is 0.825 bits per heavy atom. The molecule has 1 aliphatic heterocycles. The molecule has 298 valence electrons. The summed E-state index contributed by atoms with van der Waals surface area (Å²) in [7, 11) is -3.04. The van der Waals surface area contributed by atoms with Crippen LogP contribution in [0.15, 0.2) is 126 Å². The van der Waals surface area contributed by atoms with Crippen LogP contribution in [0.1, 0.15) is 83.3 Å². The lowest BCUT2D eigenvalue weighted by Gasteiger charge is -2.44. The number of aliphatic hydroxyl groups is 2. The molecule has 2 aliphatic carbocycles. The fourth-order valence-corrected chi connectivity index (χ4v) is 14.5. The van der Waals surface area contributed by atoms with Gasteiger partial charge in [-0.3, -0.25) is 14.5 Å². The van der Waals surface area contributed by atoms with Crippen molar-refractivity contribution >= 4 is 42.2 Å². The smallest absolute Gasteiger partial charge is 0.261 e. The lowest BCUT2D eigenvalue weighted by atomic mass is 9.68. The summed E-state index contributed by atoms with van der Waals surface area (Å²) in [6.07, 6.45) is 6.66. The van der Waals surface area contributed by atoms with Crippen LogP contribution in [-0.4, -0.2) is 65.7 Å². The van der Waals surface area contributed by atoms with Crippen LogP contribution >= 0.6 is 0 Å². The summed E-state index contributed by atoms with van der Waals surface area (Å²) in [6, 6.07) is 37.8. The van der Waals surface area contributed by atoms with Crippen LogP contribution in [0.25, 0.3) is 11.6 Å². The summed E-state index contributed by atoms with van der Waals surface area (Å²) in [5.74, 6) is -2.28. The first-order valence-corrected chi connectivity index (χ1v) is 22.6. The van der Waals surface area contributed by atoms with Crippen LogP contribution in [0.2, 0.25) is 5.04 Å². The molecule has 7 rings (SSSR count). The number of para-hydroxylation sites is 1. The van der Waals surface area contributed by atoms with Gasteiger partial charge in [0.25, 0.3) is 8.32 Å². The molecule has 4 aromatic rings. The highest BCUT2D eigenvalue weighted by Gasteiger charge is 2.57. The maximum Gasteiger partial charge on any atom is 0.261 e. The quantitative estimate of drug-likeness (QED) is 0.0552. The number of aromatic hydroxyl groups is 1.